The summed E-state index contributed by atoms with van der Waals surface area (Å²) in [5.74, 6) is -0.0511. The average molecular weight is 356 g/mol. The smallest absolute Gasteiger partial charge is 0.226 e. The van der Waals surface area contributed by atoms with Crippen molar-refractivity contribution < 1.29 is 14.3 Å². The summed E-state index contributed by atoms with van der Waals surface area (Å²) >= 11 is 0. The molecule has 0 aromatic heterocycles. The standard InChI is InChI=1S/C17H25N3O3.ClH/c1-12(2)17(22)20-14-5-3-13(4-6-14)10-19-16(21)9-15-11-23-8-7-18-15;/h3-6,12,15,18H,7-11H2,1-2H3,(H,19,21)(H,20,22);1H. The third-order valence-corrected chi connectivity index (χ3v) is 3.67. The van der Waals surface area contributed by atoms with Crippen LogP contribution in [-0.4, -0.2) is 37.6 Å². The number of rotatable bonds is 6. The first-order valence-electron chi connectivity index (χ1n) is 8.02. The molecule has 24 heavy (non-hydrogen) atoms. The van der Waals surface area contributed by atoms with E-state index in [1.54, 1.807) is 0 Å². The van der Waals surface area contributed by atoms with Crippen molar-refractivity contribution in [2.24, 2.45) is 5.92 Å². The Labute approximate surface area is 149 Å². The molecular weight excluding hydrogens is 330 g/mol. The van der Waals surface area contributed by atoms with E-state index >= 15 is 0 Å². The summed E-state index contributed by atoms with van der Waals surface area (Å²) in [6, 6.07) is 7.59. The Kier molecular flexibility index (Phi) is 8.74. The molecule has 0 radical (unpaired) electrons. The highest BCUT2D eigenvalue weighted by Crippen LogP contribution is 2.11. The van der Waals surface area contributed by atoms with E-state index < -0.39 is 0 Å². The normalized spacial score (nSPS) is 17.0. The van der Waals surface area contributed by atoms with Crippen LogP contribution < -0.4 is 16.0 Å². The molecule has 1 aromatic rings. The van der Waals surface area contributed by atoms with Crippen LogP contribution in [0.3, 0.4) is 0 Å². The van der Waals surface area contributed by atoms with E-state index in [2.05, 4.69) is 16.0 Å². The summed E-state index contributed by atoms with van der Waals surface area (Å²) in [5.41, 5.74) is 1.76. The molecular formula is C17H26ClN3O3. The number of hydrogen-bond donors (Lipinski definition) is 3. The van der Waals surface area contributed by atoms with Crippen molar-refractivity contribution >= 4 is 29.9 Å². The lowest BCUT2D eigenvalue weighted by molar-refractivity contribution is -0.122. The van der Waals surface area contributed by atoms with Crippen molar-refractivity contribution in [1.82, 2.24) is 10.6 Å². The van der Waals surface area contributed by atoms with Gasteiger partial charge in [-0.3, -0.25) is 9.59 Å². The van der Waals surface area contributed by atoms with Crippen molar-refractivity contribution in [3.8, 4) is 0 Å². The van der Waals surface area contributed by atoms with Crippen molar-refractivity contribution in [3.63, 3.8) is 0 Å². The van der Waals surface area contributed by atoms with Crippen molar-refractivity contribution in [2.75, 3.05) is 25.1 Å². The van der Waals surface area contributed by atoms with Crippen LogP contribution in [0.1, 0.15) is 25.8 Å². The molecule has 1 atom stereocenters. The number of carbonyl (C=O) groups excluding carboxylic acids is 2. The Morgan fingerprint density at radius 1 is 1.29 bits per heavy atom. The molecule has 6 nitrogen and oxygen atoms in total. The van der Waals surface area contributed by atoms with E-state index in [1.165, 1.54) is 0 Å². The summed E-state index contributed by atoms with van der Waals surface area (Å²) in [5, 5.41) is 9.00. The maximum absolute atomic E-state index is 11.9. The summed E-state index contributed by atoms with van der Waals surface area (Å²) in [6.07, 6.45) is 0.419. The van der Waals surface area contributed by atoms with E-state index in [0.29, 0.717) is 26.2 Å². The fourth-order valence-corrected chi connectivity index (χ4v) is 2.24. The lowest BCUT2D eigenvalue weighted by atomic mass is 10.1. The van der Waals surface area contributed by atoms with E-state index in [1.807, 2.05) is 38.1 Å². The fraction of sp³-hybridized carbons (Fsp3) is 0.529. The molecule has 134 valence electrons. The van der Waals surface area contributed by atoms with Crippen LogP contribution >= 0.6 is 12.4 Å². The predicted molar refractivity (Wildman–Crippen MR) is 96.2 cm³/mol. The second kappa shape index (κ2) is 10.3. The van der Waals surface area contributed by atoms with Gasteiger partial charge in [0.1, 0.15) is 0 Å². The van der Waals surface area contributed by atoms with Crippen molar-refractivity contribution in [1.29, 1.82) is 0 Å². The van der Waals surface area contributed by atoms with Gasteiger partial charge in [-0.2, -0.15) is 0 Å². The minimum absolute atomic E-state index is 0. The van der Waals surface area contributed by atoms with Gasteiger partial charge < -0.3 is 20.7 Å². The molecule has 1 heterocycles. The van der Waals surface area contributed by atoms with Gasteiger partial charge in [0.25, 0.3) is 0 Å². The topological polar surface area (TPSA) is 79.5 Å². The third kappa shape index (κ3) is 6.86. The SMILES string of the molecule is CC(C)C(=O)Nc1ccc(CNC(=O)CC2COCCN2)cc1.Cl. The van der Waals surface area contributed by atoms with Crippen LogP contribution in [0.5, 0.6) is 0 Å². The molecule has 1 aromatic carbocycles. The molecule has 0 saturated carbocycles. The molecule has 1 aliphatic heterocycles. The van der Waals surface area contributed by atoms with E-state index in [0.717, 1.165) is 17.8 Å². The molecule has 1 saturated heterocycles. The number of nitrogens with one attached hydrogen (secondary N) is 3. The maximum Gasteiger partial charge on any atom is 0.226 e. The maximum atomic E-state index is 11.9. The van der Waals surface area contributed by atoms with Crippen LogP contribution in [0, 0.1) is 5.92 Å². The van der Waals surface area contributed by atoms with Gasteiger partial charge in [0.2, 0.25) is 11.8 Å². The number of carbonyl (C=O) groups is 2. The summed E-state index contributed by atoms with van der Waals surface area (Å²) in [4.78, 5) is 23.5. The van der Waals surface area contributed by atoms with Gasteiger partial charge in [-0.15, -0.1) is 12.4 Å². The quantitative estimate of drug-likeness (QED) is 0.725. The van der Waals surface area contributed by atoms with E-state index in [9.17, 15) is 9.59 Å². The van der Waals surface area contributed by atoms with Gasteiger partial charge in [0.15, 0.2) is 0 Å². The average Bonchev–Trinajstić information content (AvgIpc) is 2.55. The van der Waals surface area contributed by atoms with Gasteiger partial charge in [-0.25, -0.2) is 0 Å². The first-order chi connectivity index (χ1) is 11.0. The highest BCUT2D eigenvalue weighted by atomic mass is 35.5. The first kappa shape index (κ1) is 20.4. The van der Waals surface area contributed by atoms with E-state index in [4.69, 9.17) is 4.74 Å². The van der Waals surface area contributed by atoms with Gasteiger partial charge in [-0.1, -0.05) is 26.0 Å². The molecule has 3 N–H and O–H groups in total. The van der Waals surface area contributed by atoms with Crippen LogP contribution in [0.4, 0.5) is 5.69 Å². The number of ether oxygens (including phenoxy) is 1. The third-order valence-electron chi connectivity index (χ3n) is 3.67. The molecule has 0 aliphatic carbocycles. The molecule has 1 unspecified atom stereocenters. The second-order valence-electron chi connectivity index (χ2n) is 6.05. The minimum Gasteiger partial charge on any atom is -0.378 e. The van der Waals surface area contributed by atoms with Crippen LogP contribution in [0.15, 0.2) is 24.3 Å². The number of halogens is 1. The Bertz CT molecular complexity index is 528. The number of amides is 2. The second-order valence-corrected chi connectivity index (χ2v) is 6.05. The van der Waals surface area contributed by atoms with Crippen molar-refractivity contribution in [2.45, 2.75) is 32.9 Å². The summed E-state index contributed by atoms with van der Waals surface area (Å²) < 4.78 is 5.33. The van der Waals surface area contributed by atoms with Gasteiger partial charge >= 0.3 is 0 Å². The summed E-state index contributed by atoms with van der Waals surface area (Å²) in [7, 11) is 0. The number of hydrogen-bond acceptors (Lipinski definition) is 4. The molecule has 7 heteroatoms. The molecule has 2 rings (SSSR count). The molecule has 2 amide bonds. The van der Waals surface area contributed by atoms with Crippen LogP contribution in [-0.2, 0) is 20.9 Å². The Morgan fingerprint density at radius 2 is 2.00 bits per heavy atom. The zero-order valence-electron chi connectivity index (χ0n) is 14.1. The summed E-state index contributed by atoms with van der Waals surface area (Å²) in [6.45, 7) is 6.26. The monoisotopic (exact) mass is 355 g/mol. The number of anilines is 1. The van der Waals surface area contributed by atoms with Crippen molar-refractivity contribution in [3.05, 3.63) is 29.8 Å². The first-order valence-corrected chi connectivity index (χ1v) is 8.02. The molecule has 1 aliphatic rings. The zero-order valence-corrected chi connectivity index (χ0v) is 14.9. The lowest BCUT2D eigenvalue weighted by Crippen LogP contribution is -2.44. The van der Waals surface area contributed by atoms with Crippen LogP contribution in [0.2, 0.25) is 0 Å². The Balaban J connectivity index is 0.00000288. The largest absolute Gasteiger partial charge is 0.378 e. The number of morpholine rings is 1. The number of benzene rings is 1. The fourth-order valence-electron chi connectivity index (χ4n) is 2.24. The Morgan fingerprint density at radius 3 is 2.58 bits per heavy atom. The molecule has 1 fully saturated rings. The predicted octanol–water partition coefficient (Wildman–Crippen LogP) is 1.70. The zero-order chi connectivity index (χ0) is 16.7. The highest BCUT2D eigenvalue weighted by Gasteiger charge is 2.16. The molecule has 0 spiro atoms. The molecule has 0 bridgehead atoms. The van der Waals surface area contributed by atoms with Crippen LogP contribution in [0.25, 0.3) is 0 Å². The van der Waals surface area contributed by atoms with Gasteiger partial charge in [-0.05, 0) is 17.7 Å². The lowest BCUT2D eigenvalue weighted by Gasteiger charge is -2.23. The van der Waals surface area contributed by atoms with E-state index in [-0.39, 0.29) is 36.2 Å². The highest BCUT2D eigenvalue weighted by molar-refractivity contribution is 5.92. The minimum atomic E-state index is -0.0497. The Hall–Kier alpha value is -1.63. The van der Waals surface area contributed by atoms with Gasteiger partial charge in [0, 0.05) is 37.2 Å². The van der Waals surface area contributed by atoms with Gasteiger partial charge in [0.05, 0.1) is 13.2 Å².